The summed E-state index contributed by atoms with van der Waals surface area (Å²) in [5, 5.41) is 2.78. The normalized spacial score (nSPS) is 32.2. The fourth-order valence-corrected chi connectivity index (χ4v) is 9.28. The molecule has 1 spiro atoms. The van der Waals surface area contributed by atoms with E-state index < -0.39 is 41.4 Å². The lowest BCUT2D eigenvalue weighted by Gasteiger charge is -2.60. The van der Waals surface area contributed by atoms with Crippen LogP contribution in [0.3, 0.4) is 0 Å². The molecule has 4 saturated heterocycles. The fraction of sp³-hybridized carbons (Fsp3) is 0.625. The Morgan fingerprint density at radius 3 is 2.31 bits per heavy atom. The maximum Gasteiger partial charge on any atom is 0.407 e. The molecule has 0 radical (unpaired) electrons. The molecule has 11 nitrogen and oxygen atoms in total. The maximum absolute atomic E-state index is 14.0. The Labute approximate surface area is 300 Å². The van der Waals surface area contributed by atoms with Crippen molar-refractivity contribution < 1.29 is 43.1 Å². The molecule has 4 aliphatic heterocycles. The Kier molecular flexibility index (Phi) is 9.71. The zero-order chi connectivity index (χ0) is 36.1. The van der Waals surface area contributed by atoms with Gasteiger partial charge in [0.1, 0.15) is 18.8 Å². The van der Waals surface area contributed by atoms with E-state index in [-0.39, 0.29) is 62.2 Å². The van der Waals surface area contributed by atoms with E-state index in [1.54, 1.807) is 20.8 Å². The topological polar surface area (TPSA) is 122 Å². The van der Waals surface area contributed by atoms with Gasteiger partial charge in [0.25, 0.3) is 0 Å². The fourth-order valence-electron chi connectivity index (χ4n) is 9.28. The van der Waals surface area contributed by atoms with Crippen molar-refractivity contribution in [1.82, 2.24) is 10.2 Å². The minimum Gasteiger partial charge on any atom is -0.459 e. The summed E-state index contributed by atoms with van der Waals surface area (Å²) in [7, 11) is 0. The van der Waals surface area contributed by atoms with Gasteiger partial charge in [-0.3, -0.25) is 9.59 Å². The average Bonchev–Trinajstić information content (AvgIpc) is 3.22. The van der Waals surface area contributed by atoms with E-state index in [1.807, 2.05) is 31.2 Å². The van der Waals surface area contributed by atoms with E-state index in [4.69, 9.17) is 28.7 Å². The molecule has 0 aromatic heterocycles. The van der Waals surface area contributed by atoms with Gasteiger partial charge in [0.2, 0.25) is 11.7 Å². The van der Waals surface area contributed by atoms with E-state index >= 15 is 0 Å². The van der Waals surface area contributed by atoms with E-state index in [0.29, 0.717) is 12.3 Å². The van der Waals surface area contributed by atoms with E-state index in [9.17, 15) is 14.4 Å². The number of esters is 1. The van der Waals surface area contributed by atoms with Crippen LogP contribution in [0.15, 0.2) is 48.5 Å². The smallest absolute Gasteiger partial charge is 0.407 e. The summed E-state index contributed by atoms with van der Waals surface area (Å²) >= 11 is 0. The van der Waals surface area contributed by atoms with Gasteiger partial charge in [0.15, 0.2) is 11.9 Å². The molecule has 11 heteroatoms. The number of hydrogen-bond acceptors (Lipinski definition) is 9. The van der Waals surface area contributed by atoms with Crippen LogP contribution in [0.4, 0.5) is 4.79 Å². The number of carbonyl (C=O) groups is 3. The van der Waals surface area contributed by atoms with Crippen molar-refractivity contribution >= 4 is 18.0 Å². The van der Waals surface area contributed by atoms with Crippen LogP contribution in [0.2, 0.25) is 0 Å². The predicted molar refractivity (Wildman–Crippen MR) is 187 cm³/mol. The van der Waals surface area contributed by atoms with Gasteiger partial charge in [-0.25, -0.2) is 14.6 Å². The van der Waals surface area contributed by atoms with E-state index in [1.165, 1.54) is 4.90 Å². The van der Waals surface area contributed by atoms with Crippen molar-refractivity contribution in [2.45, 2.75) is 109 Å². The molecule has 2 aromatic rings. The summed E-state index contributed by atoms with van der Waals surface area (Å²) in [6, 6.07) is 16.3. The van der Waals surface area contributed by atoms with Crippen molar-refractivity contribution in [1.29, 1.82) is 0 Å². The van der Waals surface area contributed by atoms with Crippen molar-refractivity contribution in [3.63, 3.8) is 0 Å². The standard InChI is InChI=1S/C40H52N2O9/c1-24-15-16-32-25(2)33(47-36-40(32)31(24)17-18-39(6,49-36)50-51-40)21-34(43)42(22-35(44)48-38(3,4)5)20-19-41-37(45)46-23-30-28-13-9-7-11-26(28)27-12-8-10-14-29(27)30/h7-14,24-25,30-33,36H,15-23H2,1-6H3,(H,41,45)/t24-,25-,31?,32?,33-,36-,39+,40-/m1/s1. The lowest BCUT2D eigenvalue weighted by atomic mass is 9.57. The summed E-state index contributed by atoms with van der Waals surface area (Å²) in [6.45, 7) is 11.7. The Bertz CT molecular complexity index is 1600. The van der Waals surface area contributed by atoms with Crippen molar-refractivity contribution in [2.75, 3.05) is 26.2 Å². The zero-order valence-electron chi connectivity index (χ0n) is 30.6. The summed E-state index contributed by atoms with van der Waals surface area (Å²) in [5.41, 5.74) is 3.10. The van der Waals surface area contributed by atoms with Gasteiger partial charge in [-0.15, -0.1) is 0 Å². The second-order valence-corrected chi connectivity index (χ2v) is 16.3. The number of amides is 2. The first-order chi connectivity index (χ1) is 24.3. The highest BCUT2D eigenvalue weighted by atomic mass is 17.3. The number of nitrogens with one attached hydrogen (secondary N) is 1. The van der Waals surface area contributed by atoms with E-state index in [0.717, 1.165) is 41.5 Å². The molecular formula is C40H52N2O9. The molecule has 276 valence electrons. The molecule has 2 bridgehead atoms. The quantitative estimate of drug-likeness (QED) is 0.236. The highest BCUT2D eigenvalue weighted by Crippen LogP contribution is 2.60. The molecule has 2 aliphatic carbocycles. The molecule has 51 heavy (non-hydrogen) atoms. The van der Waals surface area contributed by atoms with Crippen LogP contribution in [0, 0.1) is 23.7 Å². The van der Waals surface area contributed by atoms with Crippen molar-refractivity contribution in [3.05, 3.63) is 59.7 Å². The number of nitrogens with zero attached hydrogens (tertiary/aromatic N) is 1. The summed E-state index contributed by atoms with van der Waals surface area (Å²) in [4.78, 5) is 53.6. The third-order valence-corrected chi connectivity index (χ3v) is 11.8. The van der Waals surface area contributed by atoms with E-state index in [2.05, 4.69) is 43.4 Å². The second kappa shape index (κ2) is 13.8. The van der Waals surface area contributed by atoms with Crippen molar-refractivity contribution in [2.24, 2.45) is 23.7 Å². The third kappa shape index (κ3) is 6.90. The van der Waals surface area contributed by atoms with Crippen LogP contribution in [0.5, 0.6) is 0 Å². The highest BCUT2D eigenvalue weighted by Gasteiger charge is 2.69. The highest BCUT2D eigenvalue weighted by molar-refractivity contribution is 5.83. The summed E-state index contributed by atoms with van der Waals surface area (Å²) < 4.78 is 24.4. The SMILES string of the molecule is C[C@@H]1CCC2[C@@H](C)[C@@H](CC(=O)N(CCNC(=O)OCC3c4ccccc4-c4ccccc43)CC(=O)OC(C)(C)C)O[C@@H]3O[C@]4(C)CCC1[C@@]23OO4. The molecule has 4 heterocycles. The number of alkyl carbamates (subject to hydrolysis) is 1. The van der Waals surface area contributed by atoms with Crippen LogP contribution in [0.25, 0.3) is 11.1 Å². The third-order valence-electron chi connectivity index (χ3n) is 11.8. The average molecular weight is 705 g/mol. The molecule has 8 atom stereocenters. The molecule has 6 aliphatic rings. The first-order valence-corrected chi connectivity index (χ1v) is 18.6. The van der Waals surface area contributed by atoms with Gasteiger partial charge in [-0.05, 0) is 87.0 Å². The number of fused-ring (bicyclic) bond motifs is 5. The van der Waals surface area contributed by atoms with Gasteiger partial charge in [0.05, 0.1) is 12.5 Å². The Balaban J connectivity index is 1.00. The largest absolute Gasteiger partial charge is 0.459 e. The lowest BCUT2D eigenvalue weighted by molar-refractivity contribution is -0.570. The van der Waals surface area contributed by atoms with Crippen LogP contribution in [-0.2, 0) is 38.3 Å². The van der Waals surface area contributed by atoms with Gasteiger partial charge >= 0.3 is 12.1 Å². The molecular weight excluding hydrogens is 652 g/mol. The number of hydrogen-bond donors (Lipinski definition) is 1. The summed E-state index contributed by atoms with van der Waals surface area (Å²) in [6.07, 6.45) is 1.92. The number of benzene rings is 2. The molecule has 2 aromatic carbocycles. The molecule has 2 amide bonds. The molecule has 1 N–H and O–H groups in total. The van der Waals surface area contributed by atoms with Gasteiger partial charge in [-0.1, -0.05) is 62.4 Å². The predicted octanol–water partition coefficient (Wildman–Crippen LogP) is 6.34. The monoisotopic (exact) mass is 704 g/mol. The second-order valence-electron chi connectivity index (χ2n) is 16.3. The van der Waals surface area contributed by atoms with Gasteiger partial charge < -0.3 is 29.2 Å². The number of ether oxygens (including phenoxy) is 4. The van der Waals surface area contributed by atoms with Crippen LogP contribution in [-0.4, -0.2) is 78.5 Å². The Morgan fingerprint density at radius 1 is 0.941 bits per heavy atom. The molecule has 2 unspecified atom stereocenters. The molecule has 1 saturated carbocycles. The van der Waals surface area contributed by atoms with Crippen LogP contribution >= 0.6 is 0 Å². The minimum atomic E-state index is -0.916. The first kappa shape index (κ1) is 35.9. The minimum absolute atomic E-state index is 0.0304. The van der Waals surface area contributed by atoms with Gasteiger partial charge in [0, 0.05) is 31.3 Å². The van der Waals surface area contributed by atoms with Crippen molar-refractivity contribution in [3.8, 4) is 11.1 Å². The molecule has 5 fully saturated rings. The number of rotatable bonds is 9. The summed E-state index contributed by atoms with van der Waals surface area (Å²) in [5.74, 6) is -1.09. The first-order valence-electron chi connectivity index (χ1n) is 18.6. The molecule has 8 rings (SSSR count). The van der Waals surface area contributed by atoms with Crippen LogP contribution < -0.4 is 5.32 Å². The number of carbonyl (C=O) groups excluding carboxylic acids is 3. The van der Waals surface area contributed by atoms with Crippen LogP contribution in [0.1, 0.15) is 90.7 Å². The lowest BCUT2D eigenvalue weighted by Crippen LogP contribution is -2.70. The maximum atomic E-state index is 14.0. The van der Waals surface area contributed by atoms with Gasteiger partial charge in [-0.2, -0.15) is 0 Å². The Morgan fingerprint density at radius 2 is 1.63 bits per heavy atom. The Hall–Kier alpha value is -3.51. The zero-order valence-corrected chi connectivity index (χ0v) is 30.6.